The van der Waals surface area contributed by atoms with Crippen LogP contribution in [0.3, 0.4) is 0 Å². The number of halogens is 1. The molecule has 4 rings (SSSR count). The van der Waals surface area contributed by atoms with Gasteiger partial charge in [-0.2, -0.15) is 0 Å². The third kappa shape index (κ3) is 5.25. The average Bonchev–Trinajstić information content (AvgIpc) is 3.12. The molecule has 36 heavy (non-hydrogen) atoms. The van der Waals surface area contributed by atoms with Crippen LogP contribution in [0.5, 0.6) is 0 Å². The summed E-state index contributed by atoms with van der Waals surface area (Å²) in [4.78, 5) is 30.1. The number of sulfonamides is 1. The van der Waals surface area contributed by atoms with Crippen molar-refractivity contribution < 1.29 is 27.9 Å². The van der Waals surface area contributed by atoms with E-state index in [0.29, 0.717) is 31.9 Å². The number of likely N-dealkylation sites (tertiary alicyclic amines) is 1. The first-order valence-electron chi connectivity index (χ1n) is 11.5. The number of hydrogen-bond donors (Lipinski definition) is 1. The topological polar surface area (TPSA) is 107 Å². The van der Waals surface area contributed by atoms with E-state index in [-0.39, 0.29) is 21.8 Å². The second kappa shape index (κ2) is 10.8. The molecule has 2 aromatic rings. The number of ether oxygens (including phenoxy) is 1. The predicted octanol–water partition coefficient (Wildman–Crippen LogP) is 2.45. The first-order chi connectivity index (χ1) is 17.1. The number of carbonyl (C=O) groups excluding carboxylic acids is 2. The Hall–Kier alpha value is -2.57. The molecule has 2 fully saturated rings. The van der Waals surface area contributed by atoms with E-state index in [9.17, 15) is 23.1 Å². The van der Waals surface area contributed by atoms with Gasteiger partial charge in [0.1, 0.15) is 5.76 Å². The molecule has 0 aromatic heterocycles. The Morgan fingerprint density at radius 2 is 1.75 bits per heavy atom. The van der Waals surface area contributed by atoms with E-state index in [2.05, 4.69) is 20.8 Å². The van der Waals surface area contributed by atoms with Gasteiger partial charge in [0.15, 0.2) is 0 Å². The van der Waals surface area contributed by atoms with Gasteiger partial charge in [0.25, 0.3) is 11.7 Å². The van der Waals surface area contributed by atoms with Crippen molar-refractivity contribution in [2.75, 3.05) is 53.5 Å². The van der Waals surface area contributed by atoms with E-state index in [1.165, 1.54) is 43.3 Å². The predicted molar refractivity (Wildman–Crippen MR) is 138 cm³/mol. The standard InChI is InChI=1S/C25H28BrN3O6S/c1-27(2)36(33,34)20-8-6-17(7-9-20)23(30)21-22(18-4-3-5-19(26)16-18)29(25(32)24(21)31)11-10-28-12-14-35-15-13-28/h3-9,16,22,30H,10-15H2,1-2H3/b23-21+/t22-/m0/s1. The van der Waals surface area contributed by atoms with Crippen LogP contribution < -0.4 is 0 Å². The molecule has 0 unspecified atom stereocenters. The van der Waals surface area contributed by atoms with Gasteiger partial charge in [-0.3, -0.25) is 14.5 Å². The number of amides is 1. The monoisotopic (exact) mass is 577 g/mol. The molecule has 2 aliphatic rings. The average molecular weight is 578 g/mol. The number of ketones is 1. The number of Topliss-reactive ketones (excluding diaryl/α,β-unsaturated/α-hetero) is 1. The number of carbonyl (C=O) groups is 2. The summed E-state index contributed by atoms with van der Waals surface area (Å²) < 4.78 is 32.1. The molecular formula is C25H28BrN3O6S. The maximum atomic E-state index is 13.2. The minimum atomic E-state index is -3.66. The molecule has 11 heteroatoms. The molecule has 0 spiro atoms. The lowest BCUT2D eigenvalue weighted by Gasteiger charge is -2.31. The van der Waals surface area contributed by atoms with Gasteiger partial charge in [0.05, 0.1) is 29.7 Å². The minimum Gasteiger partial charge on any atom is -0.507 e. The molecule has 0 radical (unpaired) electrons. The molecule has 0 saturated carbocycles. The molecule has 1 amide bonds. The van der Waals surface area contributed by atoms with Crippen molar-refractivity contribution in [3.63, 3.8) is 0 Å². The molecule has 1 atom stereocenters. The van der Waals surface area contributed by atoms with Gasteiger partial charge in [0, 0.05) is 50.3 Å². The van der Waals surface area contributed by atoms with Gasteiger partial charge in [-0.25, -0.2) is 12.7 Å². The van der Waals surface area contributed by atoms with Crippen LogP contribution in [0.1, 0.15) is 17.2 Å². The van der Waals surface area contributed by atoms with Gasteiger partial charge < -0.3 is 14.7 Å². The Balaban J connectivity index is 1.73. The van der Waals surface area contributed by atoms with Crippen LogP contribution in [-0.4, -0.2) is 92.8 Å². The smallest absolute Gasteiger partial charge is 0.295 e. The maximum absolute atomic E-state index is 13.2. The normalized spacial score (nSPS) is 20.9. The highest BCUT2D eigenvalue weighted by atomic mass is 79.9. The molecule has 1 N–H and O–H groups in total. The van der Waals surface area contributed by atoms with E-state index in [0.717, 1.165) is 21.9 Å². The van der Waals surface area contributed by atoms with Gasteiger partial charge in [-0.05, 0) is 42.0 Å². The number of benzene rings is 2. The van der Waals surface area contributed by atoms with Crippen LogP contribution in [0.2, 0.25) is 0 Å². The lowest BCUT2D eigenvalue weighted by atomic mass is 9.95. The molecule has 2 aromatic carbocycles. The Morgan fingerprint density at radius 3 is 2.36 bits per heavy atom. The van der Waals surface area contributed by atoms with Crippen molar-refractivity contribution in [1.29, 1.82) is 0 Å². The van der Waals surface area contributed by atoms with Crippen molar-refractivity contribution in [3.05, 3.63) is 69.7 Å². The third-order valence-corrected chi connectivity index (χ3v) is 8.69. The van der Waals surface area contributed by atoms with Gasteiger partial charge >= 0.3 is 0 Å². The lowest BCUT2D eigenvalue weighted by Crippen LogP contribution is -2.42. The zero-order chi connectivity index (χ0) is 26.0. The number of morpholine rings is 1. The van der Waals surface area contributed by atoms with E-state index in [1.54, 1.807) is 0 Å². The summed E-state index contributed by atoms with van der Waals surface area (Å²) in [6.45, 7) is 3.60. The van der Waals surface area contributed by atoms with Crippen LogP contribution in [0.15, 0.2) is 63.5 Å². The van der Waals surface area contributed by atoms with Crippen LogP contribution in [0.25, 0.3) is 5.76 Å². The fourth-order valence-corrected chi connectivity index (χ4v) is 5.68. The second-order valence-electron chi connectivity index (χ2n) is 8.81. The molecule has 0 bridgehead atoms. The minimum absolute atomic E-state index is 0.0247. The molecule has 2 saturated heterocycles. The Kier molecular flexibility index (Phi) is 7.96. The molecule has 2 aliphatic heterocycles. The summed E-state index contributed by atoms with van der Waals surface area (Å²) in [5.74, 6) is -1.80. The van der Waals surface area contributed by atoms with Crippen molar-refractivity contribution in [3.8, 4) is 0 Å². The molecule has 0 aliphatic carbocycles. The Morgan fingerprint density at radius 1 is 1.08 bits per heavy atom. The number of aliphatic hydroxyl groups is 1. The Bertz CT molecular complexity index is 1290. The fourth-order valence-electron chi connectivity index (χ4n) is 4.36. The molecule has 192 valence electrons. The summed E-state index contributed by atoms with van der Waals surface area (Å²) in [5.41, 5.74) is 0.904. The number of aliphatic hydroxyl groups excluding tert-OH is 1. The zero-order valence-electron chi connectivity index (χ0n) is 20.1. The first-order valence-corrected chi connectivity index (χ1v) is 13.7. The molecular weight excluding hydrogens is 550 g/mol. The summed E-state index contributed by atoms with van der Waals surface area (Å²) in [7, 11) is -0.795. The Labute approximate surface area is 219 Å². The SMILES string of the molecule is CN(C)S(=O)(=O)c1ccc(/C(O)=C2\C(=O)C(=O)N(CCN3CCOCC3)[C@H]2c2cccc(Br)c2)cc1. The van der Waals surface area contributed by atoms with Crippen molar-refractivity contribution in [1.82, 2.24) is 14.1 Å². The quantitative estimate of drug-likeness (QED) is 0.306. The van der Waals surface area contributed by atoms with Crippen LogP contribution in [0.4, 0.5) is 0 Å². The highest BCUT2D eigenvalue weighted by Gasteiger charge is 2.46. The molecule has 2 heterocycles. The summed E-state index contributed by atoms with van der Waals surface area (Å²) >= 11 is 3.45. The fraction of sp³-hybridized carbons (Fsp3) is 0.360. The van der Waals surface area contributed by atoms with Crippen molar-refractivity contribution in [2.24, 2.45) is 0 Å². The number of nitrogens with zero attached hydrogens (tertiary/aromatic N) is 3. The highest BCUT2D eigenvalue weighted by Crippen LogP contribution is 2.40. The second-order valence-corrected chi connectivity index (χ2v) is 11.9. The van der Waals surface area contributed by atoms with E-state index < -0.39 is 27.8 Å². The number of rotatable bonds is 7. The summed E-state index contributed by atoms with van der Waals surface area (Å²) in [5, 5.41) is 11.2. The van der Waals surface area contributed by atoms with Gasteiger partial charge in [-0.15, -0.1) is 0 Å². The maximum Gasteiger partial charge on any atom is 0.295 e. The van der Waals surface area contributed by atoms with Crippen LogP contribution in [-0.2, 0) is 24.3 Å². The lowest BCUT2D eigenvalue weighted by molar-refractivity contribution is -0.140. The number of hydrogen-bond acceptors (Lipinski definition) is 7. The first kappa shape index (κ1) is 26.5. The zero-order valence-corrected chi connectivity index (χ0v) is 22.5. The van der Waals surface area contributed by atoms with Crippen molar-refractivity contribution >= 4 is 43.4 Å². The van der Waals surface area contributed by atoms with E-state index in [1.807, 2.05) is 24.3 Å². The van der Waals surface area contributed by atoms with Gasteiger partial charge in [0.2, 0.25) is 10.0 Å². The third-order valence-electron chi connectivity index (χ3n) is 6.37. The summed E-state index contributed by atoms with van der Waals surface area (Å²) in [6.07, 6.45) is 0. The van der Waals surface area contributed by atoms with Crippen molar-refractivity contribution in [2.45, 2.75) is 10.9 Å². The van der Waals surface area contributed by atoms with E-state index >= 15 is 0 Å². The van der Waals surface area contributed by atoms with Gasteiger partial charge in [-0.1, -0.05) is 28.1 Å². The van der Waals surface area contributed by atoms with Crippen LogP contribution >= 0.6 is 15.9 Å². The van der Waals surface area contributed by atoms with Crippen LogP contribution in [0, 0.1) is 0 Å². The van der Waals surface area contributed by atoms with E-state index in [4.69, 9.17) is 4.74 Å². The largest absolute Gasteiger partial charge is 0.507 e. The summed E-state index contributed by atoms with van der Waals surface area (Å²) in [6, 6.07) is 12.1. The molecule has 9 nitrogen and oxygen atoms in total. The highest BCUT2D eigenvalue weighted by molar-refractivity contribution is 9.10.